The van der Waals surface area contributed by atoms with Crippen LogP contribution in [0.4, 0.5) is 17.1 Å². The van der Waals surface area contributed by atoms with Crippen LogP contribution in [-0.2, 0) is 15.0 Å². The number of carbonyl (C=O) groups excluding carboxylic acids is 2. The number of hydrogen-bond donors (Lipinski definition) is 0. The van der Waals surface area contributed by atoms with Crippen LogP contribution in [0.3, 0.4) is 0 Å². The van der Waals surface area contributed by atoms with Crippen LogP contribution in [0.25, 0.3) is 11.6 Å². The van der Waals surface area contributed by atoms with Gasteiger partial charge in [-0.05, 0) is 138 Å². The zero-order chi connectivity index (χ0) is 44.2. The first-order valence-corrected chi connectivity index (χ1v) is 20.4. The van der Waals surface area contributed by atoms with Gasteiger partial charge in [0.05, 0.1) is 14.2 Å². The number of hydrogen-bond acceptors (Lipinski definition) is 7. The van der Waals surface area contributed by atoms with Crippen molar-refractivity contribution in [2.24, 2.45) is 0 Å². The molecule has 7 aromatic carbocycles. The largest absolute Gasteiger partial charge is 0.497 e. The summed E-state index contributed by atoms with van der Waals surface area (Å²) < 4.78 is 20.9. The predicted octanol–water partition coefficient (Wildman–Crippen LogP) is 13.2. The standard InChI is InChI=1S/C37H33NO3.C18H20O3/c1-26-5-15-32(16-6-26)38(33-17-7-27(2)8-18-33)34-19-9-29(10-20-34)25-37(30-11-21-35(40-4)22-12-30)31-13-23-36(24-14-31)41-28(3)39;1-13(19)21-17-11-7-15(8-12-17)18(2,3)14-5-9-16(20-4)10-6-14/h5-25H,1-4H3;5-12H,1-4H3/b37-25+;. The molecular weight excluding hydrogens is 771 g/mol. The maximum absolute atomic E-state index is 11.4. The third-order valence-electron chi connectivity index (χ3n) is 10.5. The molecule has 0 heterocycles. The van der Waals surface area contributed by atoms with E-state index in [-0.39, 0.29) is 17.4 Å². The molecule has 0 bridgehead atoms. The molecular formula is C55H53NO6. The average molecular weight is 824 g/mol. The van der Waals surface area contributed by atoms with Crippen LogP contribution in [-0.4, -0.2) is 26.2 Å². The summed E-state index contributed by atoms with van der Waals surface area (Å²) in [6, 6.07) is 57.1. The first-order valence-electron chi connectivity index (χ1n) is 20.4. The zero-order valence-corrected chi connectivity index (χ0v) is 36.6. The molecule has 0 saturated carbocycles. The molecule has 0 aliphatic heterocycles. The summed E-state index contributed by atoms with van der Waals surface area (Å²) in [4.78, 5) is 24.6. The van der Waals surface area contributed by atoms with Gasteiger partial charge >= 0.3 is 11.9 Å². The Labute approximate surface area is 365 Å². The fourth-order valence-electron chi connectivity index (χ4n) is 6.97. The van der Waals surface area contributed by atoms with Crippen LogP contribution in [0, 0.1) is 13.8 Å². The topological polar surface area (TPSA) is 74.3 Å². The van der Waals surface area contributed by atoms with E-state index < -0.39 is 0 Å². The number of anilines is 3. The molecule has 0 fully saturated rings. The number of nitrogens with zero attached hydrogens (tertiary/aromatic N) is 1. The van der Waals surface area contributed by atoms with Gasteiger partial charge in [0.2, 0.25) is 0 Å². The van der Waals surface area contributed by atoms with Crippen LogP contribution >= 0.6 is 0 Å². The minimum absolute atomic E-state index is 0.138. The van der Waals surface area contributed by atoms with Gasteiger partial charge in [-0.15, -0.1) is 0 Å². The Bertz CT molecular complexity index is 2530. The molecule has 0 spiro atoms. The van der Waals surface area contributed by atoms with Crippen molar-refractivity contribution in [3.8, 4) is 23.0 Å². The molecule has 0 aliphatic carbocycles. The fourth-order valence-corrected chi connectivity index (χ4v) is 6.97. The van der Waals surface area contributed by atoms with Gasteiger partial charge < -0.3 is 23.8 Å². The van der Waals surface area contributed by atoms with E-state index in [2.05, 4.69) is 136 Å². The maximum atomic E-state index is 11.4. The molecule has 0 aromatic heterocycles. The normalized spacial score (nSPS) is 11.1. The Kier molecular flexibility index (Phi) is 14.4. The molecule has 314 valence electrons. The highest BCUT2D eigenvalue weighted by molar-refractivity contribution is 5.92. The quantitative estimate of drug-likeness (QED) is 0.0690. The molecule has 0 radical (unpaired) electrons. The van der Waals surface area contributed by atoms with Gasteiger partial charge in [-0.1, -0.05) is 110 Å². The molecule has 0 saturated heterocycles. The Morgan fingerprint density at radius 3 is 1.13 bits per heavy atom. The van der Waals surface area contributed by atoms with E-state index in [1.54, 1.807) is 14.2 Å². The first-order chi connectivity index (χ1) is 29.8. The van der Waals surface area contributed by atoms with Gasteiger partial charge in [0.1, 0.15) is 23.0 Å². The summed E-state index contributed by atoms with van der Waals surface area (Å²) in [6.07, 6.45) is 2.18. The molecule has 62 heavy (non-hydrogen) atoms. The second-order valence-electron chi connectivity index (χ2n) is 15.5. The number of esters is 2. The highest BCUT2D eigenvalue weighted by Crippen LogP contribution is 2.37. The van der Waals surface area contributed by atoms with Crippen molar-refractivity contribution in [2.45, 2.75) is 47.0 Å². The highest BCUT2D eigenvalue weighted by Gasteiger charge is 2.23. The number of ether oxygens (including phenoxy) is 4. The van der Waals surface area contributed by atoms with Gasteiger partial charge in [-0.25, -0.2) is 0 Å². The third-order valence-corrected chi connectivity index (χ3v) is 10.5. The number of methoxy groups -OCH3 is 2. The van der Waals surface area contributed by atoms with Crippen molar-refractivity contribution in [3.05, 3.63) is 209 Å². The molecule has 0 amide bonds. The third kappa shape index (κ3) is 11.5. The second kappa shape index (κ2) is 20.3. The van der Waals surface area contributed by atoms with Gasteiger partial charge in [0.15, 0.2) is 0 Å². The highest BCUT2D eigenvalue weighted by atomic mass is 16.5. The summed E-state index contributed by atoms with van der Waals surface area (Å²) in [5.74, 6) is 2.09. The van der Waals surface area contributed by atoms with Crippen LogP contribution in [0.2, 0.25) is 0 Å². The lowest BCUT2D eigenvalue weighted by Gasteiger charge is -2.26. The van der Waals surface area contributed by atoms with E-state index in [1.807, 2.05) is 72.8 Å². The molecule has 7 rings (SSSR count). The summed E-state index contributed by atoms with van der Waals surface area (Å²) in [5, 5.41) is 0. The van der Waals surface area contributed by atoms with Crippen molar-refractivity contribution in [2.75, 3.05) is 19.1 Å². The Morgan fingerprint density at radius 1 is 0.452 bits per heavy atom. The lowest BCUT2D eigenvalue weighted by molar-refractivity contribution is -0.132. The molecule has 7 aromatic rings. The average Bonchev–Trinajstić information content (AvgIpc) is 3.28. The lowest BCUT2D eigenvalue weighted by atomic mass is 9.78. The Morgan fingerprint density at radius 2 is 0.774 bits per heavy atom. The van der Waals surface area contributed by atoms with Crippen LogP contribution in [0.5, 0.6) is 23.0 Å². The van der Waals surface area contributed by atoms with Crippen molar-refractivity contribution >= 4 is 40.6 Å². The molecule has 0 aliphatic rings. The van der Waals surface area contributed by atoms with Crippen molar-refractivity contribution in [1.29, 1.82) is 0 Å². The van der Waals surface area contributed by atoms with Gasteiger partial charge in [-0.2, -0.15) is 0 Å². The van der Waals surface area contributed by atoms with Gasteiger partial charge in [0.25, 0.3) is 0 Å². The predicted molar refractivity (Wildman–Crippen MR) is 251 cm³/mol. The molecule has 7 nitrogen and oxygen atoms in total. The lowest BCUT2D eigenvalue weighted by Crippen LogP contribution is -2.18. The first kappa shape index (κ1) is 44.2. The van der Waals surface area contributed by atoms with Crippen LogP contribution < -0.4 is 23.8 Å². The molecule has 7 heteroatoms. The second-order valence-corrected chi connectivity index (χ2v) is 15.5. The van der Waals surface area contributed by atoms with Gasteiger partial charge in [0, 0.05) is 36.3 Å². The smallest absolute Gasteiger partial charge is 0.308 e. The zero-order valence-electron chi connectivity index (χ0n) is 36.6. The maximum Gasteiger partial charge on any atom is 0.308 e. The number of rotatable bonds is 12. The van der Waals surface area contributed by atoms with Crippen molar-refractivity contribution < 1.29 is 28.5 Å². The summed E-state index contributed by atoms with van der Waals surface area (Å²) in [5.41, 5.74) is 12.1. The van der Waals surface area contributed by atoms with Gasteiger partial charge in [-0.3, -0.25) is 9.59 Å². The SMILES string of the molecule is COc1ccc(/C(=C\c2ccc(N(c3ccc(C)cc3)c3ccc(C)cc3)cc2)c2ccc(OC(C)=O)cc2)cc1.COc1ccc(C(C)(C)c2ccc(OC(C)=O)cc2)cc1. The van der Waals surface area contributed by atoms with Crippen molar-refractivity contribution in [1.82, 2.24) is 0 Å². The van der Waals surface area contributed by atoms with E-state index in [0.29, 0.717) is 11.5 Å². The van der Waals surface area contributed by atoms with Crippen LogP contribution in [0.15, 0.2) is 170 Å². The van der Waals surface area contributed by atoms with E-state index in [9.17, 15) is 9.59 Å². The van der Waals surface area contributed by atoms with E-state index in [0.717, 1.165) is 56.4 Å². The molecule has 0 N–H and O–H groups in total. The summed E-state index contributed by atoms with van der Waals surface area (Å²) in [7, 11) is 3.32. The number of benzene rings is 7. The Hall–Kier alpha value is -7.38. The van der Waals surface area contributed by atoms with E-state index >= 15 is 0 Å². The van der Waals surface area contributed by atoms with E-state index in [4.69, 9.17) is 18.9 Å². The monoisotopic (exact) mass is 823 g/mol. The van der Waals surface area contributed by atoms with Crippen LogP contribution in [0.1, 0.15) is 66.6 Å². The molecule has 0 atom stereocenters. The minimum atomic E-state index is -0.339. The Balaban J connectivity index is 0.000000256. The fraction of sp³-hybridized carbons (Fsp3) is 0.164. The summed E-state index contributed by atoms with van der Waals surface area (Å²) >= 11 is 0. The minimum Gasteiger partial charge on any atom is -0.497 e. The molecule has 0 unspecified atom stereocenters. The number of aryl methyl sites for hydroxylation is 2. The van der Waals surface area contributed by atoms with E-state index in [1.165, 1.54) is 30.5 Å². The van der Waals surface area contributed by atoms with Crippen molar-refractivity contribution in [3.63, 3.8) is 0 Å². The number of carbonyl (C=O) groups is 2. The summed E-state index contributed by atoms with van der Waals surface area (Å²) in [6.45, 7) is 11.3.